The maximum absolute atomic E-state index is 12.5. The maximum Gasteiger partial charge on any atom is 0.250 e. The zero-order valence-electron chi connectivity index (χ0n) is 15.6. The van der Waals surface area contributed by atoms with E-state index in [0.29, 0.717) is 12.2 Å². The Hall–Kier alpha value is -3.19. The van der Waals surface area contributed by atoms with Crippen LogP contribution in [0, 0.1) is 5.92 Å². The molecule has 0 aliphatic carbocycles. The highest BCUT2D eigenvalue weighted by molar-refractivity contribution is 6.03. The molecule has 7 nitrogen and oxygen atoms in total. The molecule has 0 bridgehead atoms. The van der Waals surface area contributed by atoms with Crippen molar-refractivity contribution in [1.29, 1.82) is 0 Å². The van der Waals surface area contributed by atoms with Crippen LogP contribution in [0.3, 0.4) is 0 Å². The van der Waals surface area contributed by atoms with Gasteiger partial charge in [0.15, 0.2) is 0 Å². The van der Waals surface area contributed by atoms with E-state index in [0.717, 1.165) is 25.1 Å². The number of nitrogens with two attached hydrogens (primary N) is 1. The summed E-state index contributed by atoms with van der Waals surface area (Å²) in [5.74, 6) is -1.03. The van der Waals surface area contributed by atoms with Gasteiger partial charge in [0.2, 0.25) is 11.8 Å². The lowest BCUT2D eigenvalue weighted by molar-refractivity contribution is -0.123. The van der Waals surface area contributed by atoms with Crippen molar-refractivity contribution in [1.82, 2.24) is 4.90 Å². The first kappa shape index (κ1) is 19.6. The molecule has 0 spiro atoms. The minimum atomic E-state index is -0.591. The van der Waals surface area contributed by atoms with Crippen molar-refractivity contribution >= 4 is 29.1 Å². The van der Waals surface area contributed by atoms with E-state index in [9.17, 15) is 14.4 Å². The summed E-state index contributed by atoms with van der Waals surface area (Å²) >= 11 is 0. The zero-order chi connectivity index (χ0) is 19.9. The predicted octanol–water partition coefficient (Wildman–Crippen LogP) is 2.07. The number of benzene rings is 2. The van der Waals surface area contributed by atoms with Gasteiger partial charge in [0.25, 0.3) is 5.91 Å². The molecule has 0 aromatic heterocycles. The van der Waals surface area contributed by atoms with Crippen LogP contribution in [-0.2, 0) is 9.59 Å². The molecular weight excluding hydrogens is 356 g/mol. The number of rotatable bonds is 6. The number of para-hydroxylation sites is 2. The van der Waals surface area contributed by atoms with Gasteiger partial charge in [0, 0.05) is 12.2 Å². The van der Waals surface area contributed by atoms with Gasteiger partial charge < -0.3 is 16.4 Å². The van der Waals surface area contributed by atoms with Crippen molar-refractivity contribution in [3.05, 3.63) is 60.2 Å². The number of nitrogens with one attached hydrogen (secondary N) is 2. The van der Waals surface area contributed by atoms with Gasteiger partial charge in [-0.25, -0.2) is 0 Å². The summed E-state index contributed by atoms with van der Waals surface area (Å²) in [5.41, 5.74) is 6.78. The molecular formula is C21H24N4O3. The van der Waals surface area contributed by atoms with Crippen LogP contribution in [0.1, 0.15) is 23.2 Å². The topological polar surface area (TPSA) is 105 Å². The molecule has 7 heteroatoms. The molecule has 2 aromatic rings. The third-order valence-electron chi connectivity index (χ3n) is 4.75. The fourth-order valence-electron chi connectivity index (χ4n) is 3.38. The Labute approximate surface area is 163 Å². The molecule has 0 radical (unpaired) electrons. The number of amides is 3. The van der Waals surface area contributed by atoms with E-state index < -0.39 is 5.91 Å². The molecule has 1 atom stereocenters. The van der Waals surface area contributed by atoms with Crippen LogP contribution >= 0.6 is 0 Å². The van der Waals surface area contributed by atoms with Crippen LogP contribution in [0.5, 0.6) is 0 Å². The third kappa shape index (κ3) is 5.17. The lowest BCUT2D eigenvalue weighted by atomic mass is 9.97. The molecule has 4 N–H and O–H groups in total. The van der Waals surface area contributed by atoms with Gasteiger partial charge in [-0.3, -0.25) is 19.3 Å². The minimum Gasteiger partial charge on any atom is -0.366 e. The number of carbonyl (C=O) groups excluding carboxylic acids is 3. The van der Waals surface area contributed by atoms with Crippen LogP contribution in [0.25, 0.3) is 0 Å². The van der Waals surface area contributed by atoms with Crippen LogP contribution in [0.15, 0.2) is 54.6 Å². The number of hydrogen-bond acceptors (Lipinski definition) is 4. The molecule has 146 valence electrons. The molecule has 28 heavy (non-hydrogen) atoms. The first-order valence-electron chi connectivity index (χ1n) is 9.30. The maximum atomic E-state index is 12.5. The Balaban J connectivity index is 1.55. The number of piperidine rings is 1. The van der Waals surface area contributed by atoms with Gasteiger partial charge in [0.05, 0.1) is 23.7 Å². The monoisotopic (exact) mass is 380 g/mol. The van der Waals surface area contributed by atoms with Crippen LogP contribution < -0.4 is 16.4 Å². The lowest BCUT2D eigenvalue weighted by Gasteiger charge is -2.31. The van der Waals surface area contributed by atoms with E-state index in [2.05, 4.69) is 10.6 Å². The highest BCUT2D eigenvalue weighted by Crippen LogP contribution is 2.19. The Bertz CT molecular complexity index is 854. The van der Waals surface area contributed by atoms with Crippen LogP contribution in [-0.4, -0.2) is 42.3 Å². The van der Waals surface area contributed by atoms with E-state index in [1.165, 1.54) is 0 Å². The summed E-state index contributed by atoms with van der Waals surface area (Å²) in [6, 6.07) is 16.0. The van der Waals surface area contributed by atoms with Crippen molar-refractivity contribution in [2.75, 3.05) is 30.3 Å². The molecule has 1 heterocycles. The van der Waals surface area contributed by atoms with Crippen LogP contribution in [0.4, 0.5) is 11.4 Å². The van der Waals surface area contributed by atoms with Crippen molar-refractivity contribution in [2.45, 2.75) is 12.8 Å². The SMILES string of the molecule is NC(=O)c1ccccc1NC(=O)CN1CCC[C@@H](C(=O)Nc2ccccc2)C1. The van der Waals surface area contributed by atoms with E-state index >= 15 is 0 Å². The van der Waals surface area contributed by atoms with E-state index in [-0.39, 0.29) is 29.8 Å². The smallest absolute Gasteiger partial charge is 0.250 e. The molecule has 1 aliphatic heterocycles. The second-order valence-corrected chi connectivity index (χ2v) is 6.89. The second-order valence-electron chi connectivity index (χ2n) is 6.89. The summed E-state index contributed by atoms with van der Waals surface area (Å²) in [6.07, 6.45) is 1.64. The Kier molecular flexibility index (Phi) is 6.39. The average molecular weight is 380 g/mol. The first-order valence-corrected chi connectivity index (χ1v) is 9.30. The summed E-state index contributed by atoms with van der Waals surface area (Å²) in [7, 11) is 0. The fourth-order valence-corrected chi connectivity index (χ4v) is 3.38. The summed E-state index contributed by atoms with van der Waals surface area (Å²) in [4.78, 5) is 38.4. The fraction of sp³-hybridized carbons (Fsp3) is 0.286. The van der Waals surface area contributed by atoms with Crippen molar-refractivity contribution < 1.29 is 14.4 Å². The van der Waals surface area contributed by atoms with Gasteiger partial charge in [0.1, 0.15) is 0 Å². The van der Waals surface area contributed by atoms with E-state index in [4.69, 9.17) is 5.73 Å². The molecule has 0 unspecified atom stereocenters. The molecule has 3 rings (SSSR count). The molecule has 0 saturated carbocycles. The Morgan fingerprint density at radius 2 is 1.71 bits per heavy atom. The lowest BCUT2D eigenvalue weighted by Crippen LogP contribution is -2.44. The first-order chi connectivity index (χ1) is 13.5. The zero-order valence-corrected chi connectivity index (χ0v) is 15.6. The Morgan fingerprint density at radius 3 is 2.46 bits per heavy atom. The number of likely N-dealkylation sites (tertiary alicyclic amines) is 1. The predicted molar refractivity (Wildman–Crippen MR) is 108 cm³/mol. The molecule has 1 fully saturated rings. The van der Waals surface area contributed by atoms with Gasteiger partial charge in [-0.1, -0.05) is 30.3 Å². The summed E-state index contributed by atoms with van der Waals surface area (Å²) in [6.45, 7) is 1.42. The van der Waals surface area contributed by atoms with Crippen LogP contribution in [0.2, 0.25) is 0 Å². The number of nitrogens with zero attached hydrogens (tertiary/aromatic N) is 1. The number of primary amides is 1. The average Bonchev–Trinajstić information content (AvgIpc) is 2.69. The third-order valence-corrected chi connectivity index (χ3v) is 4.75. The number of carbonyl (C=O) groups is 3. The van der Waals surface area contributed by atoms with Gasteiger partial charge in [-0.15, -0.1) is 0 Å². The van der Waals surface area contributed by atoms with Gasteiger partial charge in [-0.2, -0.15) is 0 Å². The van der Waals surface area contributed by atoms with Gasteiger partial charge >= 0.3 is 0 Å². The second kappa shape index (κ2) is 9.14. The largest absolute Gasteiger partial charge is 0.366 e. The highest BCUT2D eigenvalue weighted by Gasteiger charge is 2.27. The van der Waals surface area contributed by atoms with Gasteiger partial charge in [-0.05, 0) is 43.7 Å². The van der Waals surface area contributed by atoms with Crippen molar-refractivity contribution in [2.24, 2.45) is 11.7 Å². The molecule has 3 amide bonds. The molecule has 1 aliphatic rings. The van der Waals surface area contributed by atoms with Crippen molar-refractivity contribution in [3.63, 3.8) is 0 Å². The molecule has 2 aromatic carbocycles. The summed E-state index contributed by atoms with van der Waals surface area (Å²) in [5, 5.41) is 5.67. The van der Waals surface area contributed by atoms with E-state index in [1.54, 1.807) is 24.3 Å². The standard InChI is InChI=1S/C21H24N4O3/c22-20(27)17-10-4-5-11-18(17)24-19(26)14-25-12-6-7-15(13-25)21(28)23-16-8-2-1-3-9-16/h1-5,8-11,15H,6-7,12-14H2,(H2,22,27)(H,23,28)(H,24,26)/t15-/m1/s1. The molecule has 1 saturated heterocycles. The quantitative estimate of drug-likeness (QED) is 0.713. The van der Waals surface area contributed by atoms with E-state index in [1.807, 2.05) is 35.2 Å². The Morgan fingerprint density at radius 1 is 1.00 bits per heavy atom. The van der Waals surface area contributed by atoms with Crippen molar-refractivity contribution in [3.8, 4) is 0 Å². The number of anilines is 2. The minimum absolute atomic E-state index is 0.0321. The normalized spacial score (nSPS) is 16.9. The number of hydrogen-bond donors (Lipinski definition) is 3. The highest BCUT2D eigenvalue weighted by atomic mass is 16.2. The summed E-state index contributed by atoms with van der Waals surface area (Å²) < 4.78 is 0.